The molecule has 1 aliphatic carbocycles. The molecule has 0 spiro atoms. The Morgan fingerprint density at radius 1 is 1.38 bits per heavy atom. The summed E-state index contributed by atoms with van der Waals surface area (Å²) < 4.78 is 26.2. The van der Waals surface area contributed by atoms with Gasteiger partial charge >= 0.3 is 0 Å². The third-order valence-corrected chi connectivity index (χ3v) is 4.02. The maximum atomic E-state index is 11.8. The first kappa shape index (κ1) is 11.3. The highest BCUT2D eigenvalue weighted by Crippen LogP contribution is 2.30. The Kier molecular flexibility index (Phi) is 2.81. The Labute approximate surface area is 94.6 Å². The smallest absolute Gasteiger partial charge is 0.243 e. The molecule has 0 radical (unpaired) electrons. The lowest BCUT2D eigenvalue weighted by atomic mass is 10.5. The van der Waals surface area contributed by atoms with Gasteiger partial charge in [0.2, 0.25) is 16.0 Å². The zero-order valence-corrected chi connectivity index (χ0v) is 9.95. The van der Waals surface area contributed by atoms with E-state index in [1.807, 2.05) is 6.92 Å². The van der Waals surface area contributed by atoms with Gasteiger partial charge < -0.3 is 5.32 Å². The van der Waals surface area contributed by atoms with E-state index in [1.54, 1.807) is 7.05 Å². The van der Waals surface area contributed by atoms with E-state index >= 15 is 0 Å². The Bertz CT molecular complexity index is 471. The molecule has 1 saturated carbocycles. The molecule has 2 N–H and O–H groups in total. The van der Waals surface area contributed by atoms with Crippen LogP contribution in [-0.4, -0.2) is 31.5 Å². The van der Waals surface area contributed by atoms with Gasteiger partial charge in [-0.05, 0) is 12.3 Å². The van der Waals surface area contributed by atoms with Crippen molar-refractivity contribution in [2.24, 2.45) is 5.92 Å². The zero-order valence-electron chi connectivity index (χ0n) is 9.14. The number of aromatic nitrogens is 2. The Balaban J connectivity index is 2.15. The van der Waals surface area contributed by atoms with Crippen LogP contribution >= 0.6 is 0 Å². The van der Waals surface area contributed by atoms with Crippen LogP contribution in [0.3, 0.4) is 0 Å². The maximum absolute atomic E-state index is 11.8. The van der Waals surface area contributed by atoms with Crippen molar-refractivity contribution in [3.05, 3.63) is 12.4 Å². The van der Waals surface area contributed by atoms with Crippen molar-refractivity contribution in [2.45, 2.75) is 24.3 Å². The average Bonchev–Trinajstić information content (AvgIpc) is 2.93. The highest BCUT2D eigenvalue weighted by atomic mass is 32.2. The van der Waals surface area contributed by atoms with Crippen molar-refractivity contribution in [3.8, 4) is 0 Å². The maximum Gasteiger partial charge on any atom is 0.243 e. The van der Waals surface area contributed by atoms with E-state index in [9.17, 15) is 8.42 Å². The lowest BCUT2D eigenvalue weighted by Crippen LogP contribution is -2.27. The molecule has 2 unspecified atom stereocenters. The monoisotopic (exact) mass is 242 g/mol. The van der Waals surface area contributed by atoms with Crippen LogP contribution in [0.25, 0.3) is 0 Å². The molecule has 0 aliphatic heterocycles. The molecule has 0 bridgehead atoms. The highest BCUT2D eigenvalue weighted by molar-refractivity contribution is 7.89. The van der Waals surface area contributed by atoms with Gasteiger partial charge in [-0.3, -0.25) is 0 Å². The number of hydrogen-bond donors (Lipinski definition) is 2. The van der Waals surface area contributed by atoms with Crippen LogP contribution in [0, 0.1) is 5.92 Å². The Morgan fingerprint density at radius 3 is 2.38 bits per heavy atom. The molecule has 2 rings (SSSR count). The van der Waals surface area contributed by atoms with E-state index in [0.717, 1.165) is 6.42 Å². The molecule has 2 atom stereocenters. The van der Waals surface area contributed by atoms with Gasteiger partial charge in [-0.2, -0.15) is 0 Å². The fourth-order valence-corrected chi connectivity index (χ4v) is 2.58. The first-order chi connectivity index (χ1) is 7.53. The molecule has 0 amide bonds. The lowest BCUT2D eigenvalue weighted by molar-refractivity contribution is 0.577. The van der Waals surface area contributed by atoms with Crippen molar-refractivity contribution in [1.29, 1.82) is 0 Å². The van der Waals surface area contributed by atoms with Gasteiger partial charge in [0, 0.05) is 13.1 Å². The quantitative estimate of drug-likeness (QED) is 0.788. The molecule has 0 saturated heterocycles. The molecule has 16 heavy (non-hydrogen) atoms. The largest absolute Gasteiger partial charge is 0.357 e. The van der Waals surface area contributed by atoms with E-state index < -0.39 is 10.0 Å². The molecule has 1 aromatic heterocycles. The molecule has 1 aromatic rings. The number of anilines is 1. The SMILES string of the molecule is CNc1ncc(S(=O)(=O)NC2CC2C)cn1. The van der Waals surface area contributed by atoms with Crippen molar-refractivity contribution in [1.82, 2.24) is 14.7 Å². The molecule has 1 heterocycles. The van der Waals surface area contributed by atoms with Crippen LogP contribution in [0.15, 0.2) is 17.3 Å². The summed E-state index contributed by atoms with van der Waals surface area (Å²) in [5.41, 5.74) is 0. The molecule has 1 fully saturated rings. The minimum absolute atomic E-state index is 0.0639. The van der Waals surface area contributed by atoms with Crippen LogP contribution in [0.1, 0.15) is 13.3 Å². The summed E-state index contributed by atoms with van der Waals surface area (Å²) >= 11 is 0. The third-order valence-electron chi connectivity index (χ3n) is 2.58. The summed E-state index contributed by atoms with van der Waals surface area (Å²) in [6, 6.07) is 0.0639. The van der Waals surface area contributed by atoms with E-state index in [0.29, 0.717) is 11.9 Å². The predicted octanol–water partition coefficient (Wildman–Crippen LogP) is 0.205. The fourth-order valence-electron chi connectivity index (χ4n) is 1.34. The summed E-state index contributed by atoms with van der Waals surface area (Å²) in [5, 5.41) is 2.73. The number of sulfonamides is 1. The number of hydrogen-bond acceptors (Lipinski definition) is 5. The average molecular weight is 242 g/mol. The van der Waals surface area contributed by atoms with Crippen molar-refractivity contribution >= 4 is 16.0 Å². The Morgan fingerprint density at radius 2 is 1.94 bits per heavy atom. The first-order valence-corrected chi connectivity index (χ1v) is 6.53. The van der Waals surface area contributed by atoms with Crippen LogP contribution in [0.2, 0.25) is 0 Å². The van der Waals surface area contributed by atoms with Crippen LogP contribution in [0.5, 0.6) is 0 Å². The van der Waals surface area contributed by atoms with E-state index in [-0.39, 0.29) is 10.9 Å². The van der Waals surface area contributed by atoms with Gasteiger partial charge in [-0.25, -0.2) is 23.1 Å². The van der Waals surface area contributed by atoms with Gasteiger partial charge in [-0.15, -0.1) is 0 Å². The standard InChI is InChI=1S/C9H14N4O2S/c1-6-3-8(6)13-16(14,15)7-4-11-9(10-2)12-5-7/h4-6,8,13H,3H2,1-2H3,(H,10,11,12). The topological polar surface area (TPSA) is 84.0 Å². The summed E-state index contributed by atoms with van der Waals surface area (Å²) in [6.45, 7) is 2.01. The molecule has 1 aliphatic rings. The lowest BCUT2D eigenvalue weighted by Gasteiger charge is -2.05. The molecule has 88 valence electrons. The molecule has 7 heteroatoms. The van der Waals surface area contributed by atoms with Crippen molar-refractivity contribution in [2.75, 3.05) is 12.4 Å². The summed E-state index contributed by atoms with van der Waals surface area (Å²) in [7, 11) is -1.78. The normalized spacial score (nSPS) is 24.1. The summed E-state index contributed by atoms with van der Waals surface area (Å²) in [4.78, 5) is 7.84. The summed E-state index contributed by atoms with van der Waals surface area (Å²) in [5.74, 6) is 0.825. The minimum Gasteiger partial charge on any atom is -0.357 e. The zero-order chi connectivity index (χ0) is 11.8. The number of rotatable bonds is 4. The molecule has 6 nitrogen and oxygen atoms in total. The van der Waals surface area contributed by atoms with Gasteiger partial charge in [0.25, 0.3) is 0 Å². The van der Waals surface area contributed by atoms with E-state index in [2.05, 4.69) is 20.0 Å². The van der Waals surface area contributed by atoms with Gasteiger partial charge in [0.15, 0.2) is 0 Å². The van der Waals surface area contributed by atoms with Crippen LogP contribution in [0.4, 0.5) is 5.95 Å². The molecule has 0 aromatic carbocycles. The number of nitrogens with zero attached hydrogens (tertiary/aromatic N) is 2. The second kappa shape index (κ2) is 3.99. The van der Waals surface area contributed by atoms with Crippen LogP contribution in [-0.2, 0) is 10.0 Å². The number of nitrogens with one attached hydrogen (secondary N) is 2. The summed E-state index contributed by atoms with van der Waals surface area (Å²) in [6.07, 6.45) is 3.50. The van der Waals surface area contributed by atoms with E-state index in [1.165, 1.54) is 12.4 Å². The van der Waals surface area contributed by atoms with Crippen LogP contribution < -0.4 is 10.0 Å². The van der Waals surface area contributed by atoms with Crippen molar-refractivity contribution in [3.63, 3.8) is 0 Å². The molecular weight excluding hydrogens is 228 g/mol. The second-order valence-electron chi connectivity index (χ2n) is 3.93. The fraction of sp³-hybridized carbons (Fsp3) is 0.556. The second-order valence-corrected chi connectivity index (χ2v) is 5.65. The van der Waals surface area contributed by atoms with Gasteiger partial charge in [0.05, 0.1) is 12.4 Å². The first-order valence-electron chi connectivity index (χ1n) is 5.05. The molecular formula is C9H14N4O2S. The van der Waals surface area contributed by atoms with Crippen molar-refractivity contribution < 1.29 is 8.42 Å². The van der Waals surface area contributed by atoms with Gasteiger partial charge in [-0.1, -0.05) is 6.92 Å². The van der Waals surface area contributed by atoms with E-state index in [4.69, 9.17) is 0 Å². The third kappa shape index (κ3) is 2.30. The predicted molar refractivity (Wildman–Crippen MR) is 59.5 cm³/mol. The van der Waals surface area contributed by atoms with Gasteiger partial charge in [0.1, 0.15) is 4.90 Å². The highest BCUT2D eigenvalue weighted by Gasteiger charge is 2.36. The minimum atomic E-state index is -3.46. The Hall–Kier alpha value is -1.21.